The summed E-state index contributed by atoms with van der Waals surface area (Å²) in [7, 11) is 1.69. The number of ether oxygens (including phenoxy) is 1. The molecule has 2 aromatic rings. The number of hydrogen-bond donors (Lipinski definition) is 1. The molecule has 3 heteroatoms. The van der Waals surface area contributed by atoms with Crippen LogP contribution in [0, 0.1) is 6.92 Å². The Morgan fingerprint density at radius 3 is 2.50 bits per heavy atom. The average molecular weight is 287 g/mol. The molecule has 106 valence electrons. The van der Waals surface area contributed by atoms with E-state index >= 15 is 0 Å². The zero-order valence-electron chi connectivity index (χ0n) is 12.2. The van der Waals surface area contributed by atoms with Crippen molar-refractivity contribution < 1.29 is 4.74 Å². The summed E-state index contributed by atoms with van der Waals surface area (Å²) in [6.45, 7) is 4.16. The molecule has 2 unspecified atom stereocenters. The lowest BCUT2D eigenvalue weighted by Gasteiger charge is -2.21. The first kappa shape index (κ1) is 14.9. The smallest absolute Gasteiger partial charge is 0.119 e. The lowest BCUT2D eigenvalue weighted by atomic mass is 10.0. The molecular formula is C17H21NOS. The molecule has 0 fully saturated rings. The van der Waals surface area contributed by atoms with Gasteiger partial charge in [-0.25, -0.2) is 0 Å². The maximum atomic E-state index is 6.19. The summed E-state index contributed by atoms with van der Waals surface area (Å²) in [6, 6.07) is 16.7. The van der Waals surface area contributed by atoms with Crippen LogP contribution in [0.3, 0.4) is 0 Å². The zero-order valence-corrected chi connectivity index (χ0v) is 13.0. The maximum Gasteiger partial charge on any atom is 0.119 e. The molecule has 2 N–H and O–H groups in total. The van der Waals surface area contributed by atoms with Crippen molar-refractivity contribution >= 4 is 11.8 Å². The Hall–Kier alpha value is -1.45. The van der Waals surface area contributed by atoms with Gasteiger partial charge in [0, 0.05) is 16.2 Å². The van der Waals surface area contributed by atoms with Crippen LogP contribution in [-0.2, 0) is 0 Å². The largest absolute Gasteiger partial charge is 0.497 e. The van der Waals surface area contributed by atoms with Crippen LogP contribution in [0.2, 0.25) is 0 Å². The monoisotopic (exact) mass is 287 g/mol. The van der Waals surface area contributed by atoms with E-state index < -0.39 is 0 Å². The quantitative estimate of drug-likeness (QED) is 0.838. The molecule has 0 heterocycles. The summed E-state index contributed by atoms with van der Waals surface area (Å²) in [5, 5.41) is 0.238. The summed E-state index contributed by atoms with van der Waals surface area (Å²) in [5.41, 5.74) is 8.72. The summed E-state index contributed by atoms with van der Waals surface area (Å²) in [5.74, 6) is 0.877. The number of methoxy groups -OCH3 is 1. The molecule has 20 heavy (non-hydrogen) atoms. The van der Waals surface area contributed by atoms with Crippen molar-refractivity contribution in [2.75, 3.05) is 7.11 Å². The first-order chi connectivity index (χ1) is 9.60. The van der Waals surface area contributed by atoms with Gasteiger partial charge in [0.2, 0.25) is 0 Å². The minimum atomic E-state index is 0.0769. The Labute approximate surface area is 125 Å². The molecule has 0 saturated carbocycles. The van der Waals surface area contributed by atoms with Crippen molar-refractivity contribution in [1.82, 2.24) is 0 Å². The van der Waals surface area contributed by atoms with E-state index in [4.69, 9.17) is 10.5 Å². The van der Waals surface area contributed by atoms with Gasteiger partial charge in [-0.3, -0.25) is 0 Å². The van der Waals surface area contributed by atoms with Gasteiger partial charge in [0.05, 0.1) is 7.11 Å². The Kier molecular flexibility index (Phi) is 5.10. The number of benzene rings is 2. The van der Waals surface area contributed by atoms with Crippen LogP contribution in [0.25, 0.3) is 0 Å². The number of nitrogens with two attached hydrogens (primary N) is 1. The molecule has 0 aliphatic rings. The van der Waals surface area contributed by atoms with E-state index in [0.29, 0.717) is 0 Å². The zero-order chi connectivity index (χ0) is 14.5. The van der Waals surface area contributed by atoms with Crippen LogP contribution in [0.1, 0.15) is 23.3 Å². The second kappa shape index (κ2) is 6.82. The molecule has 2 rings (SSSR count). The van der Waals surface area contributed by atoms with E-state index in [9.17, 15) is 0 Å². The van der Waals surface area contributed by atoms with Crippen LogP contribution in [0.5, 0.6) is 5.75 Å². The fourth-order valence-electron chi connectivity index (χ4n) is 2.15. The predicted molar refractivity (Wildman–Crippen MR) is 86.4 cm³/mol. The van der Waals surface area contributed by atoms with E-state index in [-0.39, 0.29) is 11.3 Å². The van der Waals surface area contributed by atoms with Crippen molar-refractivity contribution in [2.24, 2.45) is 5.73 Å². The molecular weight excluding hydrogens is 266 g/mol. The first-order valence-electron chi connectivity index (χ1n) is 6.73. The van der Waals surface area contributed by atoms with Crippen LogP contribution in [0.15, 0.2) is 53.4 Å². The number of thioether (sulfide) groups is 1. The van der Waals surface area contributed by atoms with E-state index in [1.807, 2.05) is 12.1 Å². The van der Waals surface area contributed by atoms with Gasteiger partial charge in [-0.05, 0) is 37.6 Å². The van der Waals surface area contributed by atoms with Crippen molar-refractivity contribution in [2.45, 2.75) is 30.0 Å². The van der Waals surface area contributed by atoms with Gasteiger partial charge in [-0.15, -0.1) is 11.8 Å². The van der Waals surface area contributed by atoms with Gasteiger partial charge in [-0.1, -0.05) is 35.9 Å². The van der Waals surface area contributed by atoms with Crippen molar-refractivity contribution in [3.05, 3.63) is 59.7 Å². The minimum Gasteiger partial charge on any atom is -0.497 e. The second-order valence-electron chi connectivity index (χ2n) is 4.99. The number of aryl methyl sites for hydroxylation is 1. The predicted octanol–water partition coefficient (Wildman–Crippen LogP) is 4.18. The van der Waals surface area contributed by atoms with Gasteiger partial charge >= 0.3 is 0 Å². The molecule has 0 amide bonds. The molecule has 0 radical (unpaired) electrons. The lowest BCUT2D eigenvalue weighted by Crippen LogP contribution is -2.22. The van der Waals surface area contributed by atoms with Crippen LogP contribution in [0.4, 0.5) is 0 Å². The van der Waals surface area contributed by atoms with Crippen molar-refractivity contribution in [3.8, 4) is 5.75 Å². The second-order valence-corrected chi connectivity index (χ2v) is 6.21. The van der Waals surface area contributed by atoms with Gasteiger partial charge in [0.15, 0.2) is 0 Å². The highest BCUT2D eigenvalue weighted by atomic mass is 32.2. The first-order valence-corrected chi connectivity index (χ1v) is 7.61. The summed E-state index contributed by atoms with van der Waals surface area (Å²) in [4.78, 5) is 1.17. The molecule has 2 nitrogen and oxygen atoms in total. The fourth-order valence-corrected chi connectivity index (χ4v) is 3.28. The number of rotatable bonds is 5. The third-order valence-electron chi connectivity index (χ3n) is 3.15. The average Bonchev–Trinajstić information content (AvgIpc) is 2.44. The maximum absolute atomic E-state index is 6.19. The summed E-state index contributed by atoms with van der Waals surface area (Å²) in [6.07, 6.45) is 0. The minimum absolute atomic E-state index is 0.0769. The van der Waals surface area contributed by atoms with Gasteiger partial charge in [0.25, 0.3) is 0 Å². The molecule has 0 bridgehead atoms. The molecule has 0 aliphatic carbocycles. The van der Waals surface area contributed by atoms with E-state index in [0.717, 1.165) is 5.75 Å². The Balaban J connectivity index is 2.25. The van der Waals surface area contributed by atoms with E-state index in [1.54, 1.807) is 18.9 Å². The van der Waals surface area contributed by atoms with Crippen LogP contribution in [-0.4, -0.2) is 13.2 Å². The Bertz CT molecular complexity index is 568. The van der Waals surface area contributed by atoms with Crippen molar-refractivity contribution in [3.63, 3.8) is 0 Å². The highest BCUT2D eigenvalue weighted by Crippen LogP contribution is 2.38. The summed E-state index contributed by atoms with van der Waals surface area (Å²) >= 11 is 1.78. The normalized spacial score (nSPS) is 13.8. The molecule has 0 aromatic heterocycles. The van der Waals surface area contributed by atoms with E-state index in [2.05, 4.69) is 50.2 Å². The van der Waals surface area contributed by atoms with Crippen LogP contribution < -0.4 is 10.5 Å². The SMILES string of the molecule is COc1cccc(SC(c2cccc(C)c2)C(C)N)c1. The third-order valence-corrected chi connectivity index (χ3v) is 4.63. The number of hydrogen-bond acceptors (Lipinski definition) is 3. The fraction of sp³-hybridized carbons (Fsp3) is 0.294. The molecule has 0 spiro atoms. The Morgan fingerprint density at radius 1 is 1.10 bits per heavy atom. The topological polar surface area (TPSA) is 35.2 Å². The standard InChI is InChI=1S/C17H21NOS/c1-12-6-4-7-14(10-12)17(13(2)18)20-16-9-5-8-15(11-16)19-3/h4-11,13,17H,18H2,1-3H3. The van der Waals surface area contributed by atoms with Crippen LogP contribution >= 0.6 is 11.8 Å². The third kappa shape index (κ3) is 3.78. The van der Waals surface area contributed by atoms with Gasteiger partial charge in [0.1, 0.15) is 5.75 Å². The van der Waals surface area contributed by atoms with Gasteiger partial charge in [-0.2, -0.15) is 0 Å². The van der Waals surface area contributed by atoms with Gasteiger partial charge < -0.3 is 10.5 Å². The highest BCUT2D eigenvalue weighted by Gasteiger charge is 2.18. The summed E-state index contributed by atoms with van der Waals surface area (Å²) < 4.78 is 5.28. The lowest BCUT2D eigenvalue weighted by molar-refractivity contribution is 0.413. The molecule has 2 atom stereocenters. The molecule has 0 saturated heterocycles. The molecule has 2 aromatic carbocycles. The van der Waals surface area contributed by atoms with E-state index in [1.165, 1.54) is 16.0 Å². The molecule has 0 aliphatic heterocycles. The highest BCUT2D eigenvalue weighted by molar-refractivity contribution is 7.99. The van der Waals surface area contributed by atoms with Crippen molar-refractivity contribution in [1.29, 1.82) is 0 Å². The Morgan fingerprint density at radius 2 is 1.85 bits per heavy atom.